The Kier molecular flexibility index (Phi) is 3.76. The van der Waals surface area contributed by atoms with E-state index in [1.54, 1.807) is 0 Å². The molecule has 0 heterocycles. The first kappa shape index (κ1) is 11.0. The highest BCUT2D eigenvalue weighted by Crippen LogP contribution is 2.28. The Morgan fingerprint density at radius 2 is 2.00 bits per heavy atom. The average Bonchev–Trinajstić information content (AvgIpc) is 1.98. The number of hydrogen-bond donors (Lipinski definition) is 2. The molecule has 0 fully saturated rings. The number of hydrogen-bond acceptors (Lipinski definition) is 2. The van der Waals surface area contributed by atoms with Crippen LogP contribution in [0.4, 0.5) is 5.69 Å². The molecule has 0 aliphatic carbocycles. The molecule has 1 unspecified atom stereocenters. The molecule has 0 radical (unpaired) electrons. The topological polar surface area (TPSA) is 52.0 Å². The maximum Gasteiger partial charge on any atom is 0.0492 e. The van der Waals surface area contributed by atoms with Crippen molar-refractivity contribution in [3.8, 4) is 0 Å². The fraction of sp³-hybridized carbons (Fsp3) is 0.333. The van der Waals surface area contributed by atoms with Crippen LogP contribution in [0.15, 0.2) is 21.1 Å². The summed E-state index contributed by atoms with van der Waals surface area (Å²) in [6.45, 7) is 1.97. The molecule has 13 heavy (non-hydrogen) atoms. The van der Waals surface area contributed by atoms with Crippen molar-refractivity contribution in [3.05, 3.63) is 26.6 Å². The molecule has 1 atom stereocenters. The van der Waals surface area contributed by atoms with Crippen molar-refractivity contribution in [3.63, 3.8) is 0 Å². The van der Waals surface area contributed by atoms with Gasteiger partial charge in [0, 0.05) is 20.7 Å². The van der Waals surface area contributed by atoms with Crippen molar-refractivity contribution < 1.29 is 0 Å². The van der Waals surface area contributed by atoms with Gasteiger partial charge in [-0.05, 0) is 47.0 Å². The molecule has 0 amide bonds. The van der Waals surface area contributed by atoms with Gasteiger partial charge >= 0.3 is 0 Å². The van der Waals surface area contributed by atoms with Crippen molar-refractivity contribution >= 4 is 37.5 Å². The van der Waals surface area contributed by atoms with Crippen LogP contribution in [0.5, 0.6) is 0 Å². The first-order chi connectivity index (χ1) is 6.00. The zero-order valence-corrected chi connectivity index (χ0v) is 10.5. The van der Waals surface area contributed by atoms with Gasteiger partial charge in [0.1, 0.15) is 0 Å². The Morgan fingerprint density at radius 3 is 2.54 bits per heavy atom. The molecule has 4 heteroatoms. The maximum absolute atomic E-state index is 5.88. The van der Waals surface area contributed by atoms with E-state index in [1.807, 2.05) is 19.1 Å². The van der Waals surface area contributed by atoms with Gasteiger partial charge < -0.3 is 11.5 Å². The minimum Gasteiger partial charge on any atom is -0.398 e. The van der Waals surface area contributed by atoms with Crippen LogP contribution in [0.3, 0.4) is 0 Å². The standard InChI is InChI=1S/C9H12Br2N2/c1-5(12)2-6-3-7(10)4-8(11)9(6)13/h3-5H,2,12-13H2,1H3. The molecule has 0 saturated carbocycles. The maximum atomic E-state index is 5.88. The molecule has 2 nitrogen and oxygen atoms in total. The quantitative estimate of drug-likeness (QED) is 0.825. The highest BCUT2D eigenvalue weighted by molar-refractivity contribution is 9.11. The largest absolute Gasteiger partial charge is 0.398 e. The molecule has 72 valence electrons. The van der Waals surface area contributed by atoms with Crippen LogP contribution in [0, 0.1) is 0 Å². The minimum atomic E-state index is 0.128. The first-order valence-corrected chi connectivity index (χ1v) is 5.58. The molecule has 1 aromatic carbocycles. The van der Waals surface area contributed by atoms with Crippen LogP contribution < -0.4 is 11.5 Å². The SMILES string of the molecule is CC(N)Cc1cc(Br)cc(Br)c1N. The predicted molar refractivity (Wildman–Crippen MR) is 63.6 cm³/mol. The van der Waals surface area contributed by atoms with E-state index in [1.165, 1.54) is 0 Å². The van der Waals surface area contributed by atoms with E-state index in [2.05, 4.69) is 31.9 Å². The molecular weight excluding hydrogens is 296 g/mol. The van der Waals surface area contributed by atoms with Crippen LogP contribution in [-0.2, 0) is 6.42 Å². The smallest absolute Gasteiger partial charge is 0.0492 e. The average molecular weight is 308 g/mol. The van der Waals surface area contributed by atoms with Gasteiger partial charge in [-0.15, -0.1) is 0 Å². The first-order valence-electron chi connectivity index (χ1n) is 3.99. The molecule has 0 saturated heterocycles. The normalized spacial score (nSPS) is 12.9. The summed E-state index contributed by atoms with van der Waals surface area (Å²) in [5, 5.41) is 0. The van der Waals surface area contributed by atoms with E-state index in [9.17, 15) is 0 Å². The molecule has 0 aliphatic rings. The molecule has 1 rings (SSSR count). The van der Waals surface area contributed by atoms with Crippen LogP contribution >= 0.6 is 31.9 Å². The summed E-state index contributed by atoms with van der Waals surface area (Å²) in [5.41, 5.74) is 13.4. The van der Waals surface area contributed by atoms with Crippen LogP contribution in [0.25, 0.3) is 0 Å². The van der Waals surface area contributed by atoms with Crippen molar-refractivity contribution in [1.82, 2.24) is 0 Å². The number of rotatable bonds is 2. The number of benzene rings is 1. The Bertz CT molecular complexity index is 311. The second-order valence-corrected chi connectivity index (χ2v) is 4.91. The van der Waals surface area contributed by atoms with E-state index in [0.29, 0.717) is 0 Å². The van der Waals surface area contributed by atoms with Crippen LogP contribution in [-0.4, -0.2) is 6.04 Å². The molecule has 0 aliphatic heterocycles. The second kappa shape index (κ2) is 4.44. The van der Waals surface area contributed by atoms with E-state index >= 15 is 0 Å². The molecule has 0 bridgehead atoms. The summed E-state index contributed by atoms with van der Waals surface area (Å²) < 4.78 is 1.93. The third-order valence-corrected chi connectivity index (χ3v) is 2.84. The molecule has 0 spiro atoms. The minimum absolute atomic E-state index is 0.128. The summed E-state index contributed by atoms with van der Waals surface area (Å²) in [5.74, 6) is 0. The fourth-order valence-corrected chi connectivity index (χ4v) is 2.47. The van der Waals surface area contributed by atoms with Crippen LogP contribution in [0.2, 0.25) is 0 Å². The molecule has 0 aromatic heterocycles. The van der Waals surface area contributed by atoms with Crippen molar-refractivity contribution in [1.29, 1.82) is 0 Å². The van der Waals surface area contributed by atoms with Crippen molar-refractivity contribution in [2.24, 2.45) is 5.73 Å². The van der Waals surface area contributed by atoms with Crippen molar-refractivity contribution in [2.45, 2.75) is 19.4 Å². The monoisotopic (exact) mass is 306 g/mol. The van der Waals surface area contributed by atoms with Gasteiger partial charge in [0.05, 0.1) is 0 Å². The van der Waals surface area contributed by atoms with Gasteiger partial charge in [0.25, 0.3) is 0 Å². The van der Waals surface area contributed by atoms with Gasteiger partial charge in [0.2, 0.25) is 0 Å². The van der Waals surface area contributed by atoms with E-state index in [-0.39, 0.29) is 6.04 Å². The Labute approximate surface area is 94.9 Å². The summed E-state index contributed by atoms with van der Waals surface area (Å²) in [6.07, 6.45) is 0.796. The highest BCUT2D eigenvalue weighted by atomic mass is 79.9. The zero-order chi connectivity index (χ0) is 10.0. The number of nitrogens with two attached hydrogens (primary N) is 2. The fourth-order valence-electron chi connectivity index (χ4n) is 1.15. The summed E-state index contributed by atoms with van der Waals surface area (Å²) in [6, 6.07) is 4.06. The lowest BCUT2D eigenvalue weighted by atomic mass is 10.1. The number of halogens is 2. The van der Waals surface area contributed by atoms with Gasteiger partial charge in [-0.1, -0.05) is 15.9 Å². The lowest BCUT2D eigenvalue weighted by Gasteiger charge is -2.10. The summed E-state index contributed by atoms with van der Waals surface area (Å²) in [4.78, 5) is 0. The summed E-state index contributed by atoms with van der Waals surface area (Å²) in [7, 11) is 0. The van der Waals surface area contributed by atoms with Gasteiger partial charge in [-0.2, -0.15) is 0 Å². The Balaban J connectivity index is 3.05. The summed E-state index contributed by atoms with van der Waals surface area (Å²) >= 11 is 6.80. The Hall–Kier alpha value is -0.0600. The predicted octanol–water partition coefficient (Wildman–Crippen LogP) is 2.68. The number of nitrogen functional groups attached to an aromatic ring is 1. The van der Waals surface area contributed by atoms with E-state index in [0.717, 1.165) is 26.6 Å². The van der Waals surface area contributed by atoms with Crippen LogP contribution in [0.1, 0.15) is 12.5 Å². The third kappa shape index (κ3) is 2.97. The second-order valence-electron chi connectivity index (χ2n) is 3.14. The third-order valence-electron chi connectivity index (χ3n) is 1.72. The Morgan fingerprint density at radius 1 is 1.38 bits per heavy atom. The van der Waals surface area contributed by atoms with Gasteiger partial charge in [-0.25, -0.2) is 0 Å². The van der Waals surface area contributed by atoms with E-state index in [4.69, 9.17) is 11.5 Å². The van der Waals surface area contributed by atoms with Crippen molar-refractivity contribution in [2.75, 3.05) is 5.73 Å². The van der Waals surface area contributed by atoms with Gasteiger partial charge in [0.15, 0.2) is 0 Å². The lowest BCUT2D eigenvalue weighted by molar-refractivity contribution is 0.739. The molecule has 4 N–H and O–H groups in total. The van der Waals surface area contributed by atoms with Gasteiger partial charge in [-0.3, -0.25) is 0 Å². The highest BCUT2D eigenvalue weighted by Gasteiger charge is 2.06. The van der Waals surface area contributed by atoms with E-state index < -0.39 is 0 Å². The molecular formula is C9H12Br2N2. The lowest BCUT2D eigenvalue weighted by Crippen LogP contribution is -2.18. The number of anilines is 1. The molecule has 1 aromatic rings. The zero-order valence-electron chi connectivity index (χ0n) is 7.35.